The Kier molecular flexibility index (Phi) is 7.02. The average molecular weight is 357 g/mol. The summed E-state index contributed by atoms with van der Waals surface area (Å²) >= 11 is 0. The molecule has 0 saturated carbocycles. The van der Waals surface area contributed by atoms with Gasteiger partial charge in [0.05, 0.1) is 25.3 Å². The Labute approximate surface area is 153 Å². The lowest BCUT2D eigenvalue weighted by atomic mass is 10.1. The number of hydrogen-bond acceptors (Lipinski definition) is 5. The second-order valence-corrected chi connectivity index (χ2v) is 5.57. The van der Waals surface area contributed by atoms with E-state index in [0.717, 1.165) is 5.56 Å². The molecule has 0 aliphatic carbocycles. The van der Waals surface area contributed by atoms with Crippen LogP contribution in [0.25, 0.3) is 0 Å². The topological polar surface area (TPSA) is 73.9 Å². The van der Waals surface area contributed by atoms with E-state index in [1.54, 1.807) is 12.1 Å². The maximum atomic E-state index is 12.1. The van der Waals surface area contributed by atoms with Crippen LogP contribution in [0, 0.1) is 0 Å². The van der Waals surface area contributed by atoms with Crippen LogP contribution in [0.15, 0.2) is 48.5 Å². The molecule has 2 aromatic rings. The molecule has 0 aliphatic rings. The highest BCUT2D eigenvalue weighted by Crippen LogP contribution is 2.28. The minimum atomic E-state index is -0.603. The zero-order valence-electron chi connectivity index (χ0n) is 15.2. The fourth-order valence-corrected chi connectivity index (χ4v) is 2.39. The van der Waals surface area contributed by atoms with Gasteiger partial charge in [-0.25, -0.2) is 4.79 Å². The van der Waals surface area contributed by atoms with Gasteiger partial charge in [-0.05, 0) is 37.6 Å². The summed E-state index contributed by atoms with van der Waals surface area (Å²) in [5, 5.41) is 2.79. The van der Waals surface area contributed by atoms with Gasteiger partial charge in [-0.15, -0.1) is 0 Å². The van der Waals surface area contributed by atoms with Crippen molar-refractivity contribution in [2.75, 3.05) is 20.3 Å². The molecule has 0 saturated heterocycles. The van der Waals surface area contributed by atoms with Crippen LogP contribution in [0.2, 0.25) is 0 Å². The van der Waals surface area contributed by atoms with Crippen LogP contribution in [0.4, 0.5) is 0 Å². The molecular weight excluding hydrogens is 334 g/mol. The average Bonchev–Trinajstić information content (AvgIpc) is 2.67. The molecule has 0 bridgehead atoms. The molecule has 26 heavy (non-hydrogen) atoms. The highest BCUT2D eigenvalue weighted by atomic mass is 16.5. The van der Waals surface area contributed by atoms with Crippen LogP contribution >= 0.6 is 0 Å². The Bertz CT molecular complexity index is 745. The van der Waals surface area contributed by atoms with Gasteiger partial charge in [0.2, 0.25) is 0 Å². The zero-order chi connectivity index (χ0) is 18.9. The van der Waals surface area contributed by atoms with Crippen LogP contribution in [-0.4, -0.2) is 32.2 Å². The molecule has 0 aliphatic heterocycles. The van der Waals surface area contributed by atoms with E-state index in [1.807, 2.05) is 44.2 Å². The summed E-state index contributed by atoms with van der Waals surface area (Å²) in [6.45, 7) is 3.86. The van der Waals surface area contributed by atoms with E-state index in [1.165, 1.54) is 13.2 Å². The number of nitrogens with one attached hydrogen (secondary N) is 1. The van der Waals surface area contributed by atoms with Crippen molar-refractivity contribution in [1.29, 1.82) is 0 Å². The molecule has 6 nitrogen and oxygen atoms in total. The zero-order valence-corrected chi connectivity index (χ0v) is 15.2. The molecule has 0 unspecified atom stereocenters. The Hall–Kier alpha value is -3.02. The third-order valence-electron chi connectivity index (χ3n) is 3.71. The van der Waals surface area contributed by atoms with Gasteiger partial charge in [-0.1, -0.05) is 30.3 Å². The van der Waals surface area contributed by atoms with Crippen molar-refractivity contribution in [3.63, 3.8) is 0 Å². The first-order valence-corrected chi connectivity index (χ1v) is 8.37. The summed E-state index contributed by atoms with van der Waals surface area (Å²) in [5.74, 6) is 0.00546. The number of ether oxygens (including phenoxy) is 3. The molecule has 0 spiro atoms. The van der Waals surface area contributed by atoms with Gasteiger partial charge in [0.15, 0.2) is 18.1 Å². The number of methoxy groups -OCH3 is 1. The maximum Gasteiger partial charge on any atom is 0.338 e. The van der Waals surface area contributed by atoms with Crippen molar-refractivity contribution in [3.05, 3.63) is 59.7 Å². The minimum Gasteiger partial charge on any atom is -0.493 e. The van der Waals surface area contributed by atoms with Crippen molar-refractivity contribution in [3.8, 4) is 11.5 Å². The lowest BCUT2D eigenvalue weighted by molar-refractivity contribution is -0.124. The highest BCUT2D eigenvalue weighted by Gasteiger charge is 2.15. The Balaban J connectivity index is 1.90. The summed E-state index contributed by atoms with van der Waals surface area (Å²) in [4.78, 5) is 24.1. The molecule has 0 aromatic heterocycles. The minimum absolute atomic E-state index is 0.173. The van der Waals surface area contributed by atoms with Crippen LogP contribution < -0.4 is 14.8 Å². The molecule has 6 heteroatoms. The molecule has 138 valence electrons. The van der Waals surface area contributed by atoms with Gasteiger partial charge in [-0.2, -0.15) is 0 Å². The fourth-order valence-electron chi connectivity index (χ4n) is 2.39. The summed E-state index contributed by atoms with van der Waals surface area (Å²) in [5.41, 5.74) is 1.26. The predicted octanol–water partition coefficient (Wildman–Crippen LogP) is 3.13. The standard InChI is InChI=1S/C20H23NO5/c1-4-25-17-11-10-16(12-18(17)24-3)20(23)26-13-19(22)21-14(2)15-8-6-5-7-9-15/h5-12,14H,4,13H2,1-3H3,(H,21,22)/t14-/m0/s1. The van der Waals surface area contributed by atoms with E-state index in [9.17, 15) is 9.59 Å². The second-order valence-electron chi connectivity index (χ2n) is 5.57. The molecule has 1 N–H and O–H groups in total. The van der Waals surface area contributed by atoms with Gasteiger partial charge in [0, 0.05) is 0 Å². The van der Waals surface area contributed by atoms with Crippen LogP contribution in [-0.2, 0) is 9.53 Å². The summed E-state index contributed by atoms with van der Waals surface area (Å²) in [6, 6.07) is 14.1. The van der Waals surface area contributed by atoms with Crippen molar-refractivity contribution in [2.45, 2.75) is 19.9 Å². The highest BCUT2D eigenvalue weighted by molar-refractivity contribution is 5.92. The van der Waals surface area contributed by atoms with Crippen LogP contribution in [0.1, 0.15) is 35.8 Å². The third kappa shape index (κ3) is 5.24. The molecule has 0 radical (unpaired) electrons. The van der Waals surface area contributed by atoms with Gasteiger partial charge in [0.25, 0.3) is 5.91 Å². The molecular formula is C20H23NO5. The SMILES string of the molecule is CCOc1ccc(C(=O)OCC(=O)N[C@@H](C)c2ccccc2)cc1OC. The number of benzene rings is 2. The number of rotatable bonds is 8. The lowest BCUT2D eigenvalue weighted by Gasteiger charge is -2.14. The van der Waals surface area contributed by atoms with Gasteiger partial charge in [-0.3, -0.25) is 4.79 Å². The van der Waals surface area contributed by atoms with Crippen molar-refractivity contribution in [1.82, 2.24) is 5.32 Å². The van der Waals surface area contributed by atoms with Crippen molar-refractivity contribution >= 4 is 11.9 Å². The molecule has 0 fully saturated rings. The molecule has 1 amide bonds. The van der Waals surface area contributed by atoms with E-state index >= 15 is 0 Å². The molecule has 1 atom stereocenters. The number of hydrogen-bond donors (Lipinski definition) is 1. The van der Waals surface area contributed by atoms with E-state index in [2.05, 4.69) is 5.32 Å². The maximum absolute atomic E-state index is 12.1. The van der Waals surface area contributed by atoms with Crippen molar-refractivity contribution < 1.29 is 23.8 Å². The molecule has 2 rings (SSSR count). The van der Waals surface area contributed by atoms with Gasteiger partial charge >= 0.3 is 5.97 Å². The number of carbonyl (C=O) groups is 2. The second kappa shape index (κ2) is 9.46. The lowest BCUT2D eigenvalue weighted by Crippen LogP contribution is -2.31. The monoisotopic (exact) mass is 357 g/mol. The summed E-state index contributed by atoms with van der Waals surface area (Å²) in [7, 11) is 1.49. The van der Waals surface area contributed by atoms with Crippen LogP contribution in [0.5, 0.6) is 11.5 Å². The van der Waals surface area contributed by atoms with E-state index in [4.69, 9.17) is 14.2 Å². The number of esters is 1. The Morgan fingerprint density at radius 2 is 1.81 bits per heavy atom. The predicted molar refractivity (Wildman–Crippen MR) is 97.4 cm³/mol. The quantitative estimate of drug-likeness (QED) is 0.735. The van der Waals surface area contributed by atoms with Gasteiger partial charge in [0.1, 0.15) is 0 Å². The summed E-state index contributed by atoms with van der Waals surface area (Å²) < 4.78 is 15.7. The van der Waals surface area contributed by atoms with Crippen molar-refractivity contribution in [2.24, 2.45) is 0 Å². The summed E-state index contributed by atoms with van der Waals surface area (Å²) in [6.07, 6.45) is 0. The van der Waals surface area contributed by atoms with E-state index < -0.39 is 5.97 Å². The van der Waals surface area contributed by atoms with Gasteiger partial charge < -0.3 is 19.5 Å². The first kappa shape index (κ1) is 19.3. The van der Waals surface area contributed by atoms with E-state index in [0.29, 0.717) is 18.1 Å². The fraction of sp³-hybridized carbons (Fsp3) is 0.300. The largest absolute Gasteiger partial charge is 0.493 e. The van der Waals surface area contributed by atoms with E-state index in [-0.39, 0.29) is 24.1 Å². The van der Waals surface area contributed by atoms with Crippen LogP contribution in [0.3, 0.4) is 0 Å². The Morgan fingerprint density at radius 1 is 1.08 bits per heavy atom. The first-order valence-electron chi connectivity index (χ1n) is 8.37. The first-order chi connectivity index (χ1) is 12.5. The normalized spacial score (nSPS) is 11.3. The number of amides is 1. The Morgan fingerprint density at radius 3 is 2.46 bits per heavy atom. The third-order valence-corrected chi connectivity index (χ3v) is 3.71. The molecule has 0 heterocycles. The molecule has 2 aromatic carbocycles. The smallest absolute Gasteiger partial charge is 0.338 e. The number of carbonyl (C=O) groups excluding carboxylic acids is 2.